The molecule has 0 saturated carbocycles. The standard InChI is InChI=1S/C10H18N4O/c11-4-5-13-10(15)8-14-6-2-1-3-9(14)7-12/h9H,1-3,5-8,12H2,(H,13,15). The molecule has 1 aliphatic rings. The minimum atomic E-state index is -0.0862. The normalized spacial score (nSPS) is 22.0. The molecular weight excluding hydrogens is 192 g/mol. The summed E-state index contributed by atoms with van der Waals surface area (Å²) in [6.07, 6.45) is 3.39. The maximum absolute atomic E-state index is 11.4. The van der Waals surface area contributed by atoms with Crippen LogP contribution in [0.4, 0.5) is 0 Å². The Labute approximate surface area is 90.2 Å². The van der Waals surface area contributed by atoms with Gasteiger partial charge in [0, 0.05) is 12.6 Å². The lowest BCUT2D eigenvalue weighted by Gasteiger charge is -2.34. The molecule has 15 heavy (non-hydrogen) atoms. The number of nitrogens with zero attached hydrogens (tertiary/aromatic N) is 2. The van der Waals surface area contributed by atoms with E-state index in [-0.39, 0.29) is 12.5 Å². The molecule has 5 nitrogen and oxygen atoms in total. The second kappa shape index (κ2) is 6.38. The molecule has 0 radical (unpaired) electrons. The van der Waals surface area contributed by atoms with Gasteiger partial charge < -0.3 is 11.1 Å². The highest BCUT2D eigenvalue weighted by molar-refractivity contribution is 5.78. The third kappa shape index (κ3) is 3.86. The zero-order valence-corrected chi connectivity index (χ0v) is 8.91. The van der Waals surface area contributed by atoms with Crippen LogP contribution in [0.5, 0.6) is 0 Å². The molecule has 0 aliphatic carbocycles. The summed E-state index contributed by atoms with van der Waals surface area (Å²) in [7, 11) is 0. The van der Waals surface area contributed by atoms with Gasteiger partial charge in [-0.05, 0) is 19.4 Å². The van der Waals surface area contributed by atoms with Crippen LogP contribution < -0.4 is 11.1 Å². The fraction of sp³-hybridized carbons (Fsp3) is 0.800. The topological polar surface area (TPSA) is 82.2 Å². The number of piperidine rings is 1. The van der Waals surface area contributed by atoms with Gasteiger partial charge in [0.25, 0.3) is 0 Å². The number of nitrogens with two attached hydrogens (primary N) is 1. The van der Waals surface area contributed by atoms with Crippen molar-refractivity contribution < 1.29 is 4.79 Å². The van der Waals surface area contributed by atoms with Crippen LogP contribution in [0.3, 0.4) is 0 Å². The summed E-state index contributed by atoms with van der Waals surface area (Å²) >= 11 is 0. The van der Waals surface area contributed by atoms with Crippen LogP contribution in [0.15, 0.2) is 0 Å². The zero-order chi connectivity index (χ0) is 11.1. The smallest absolute Gasteiger partial charge is 0.235 e. The summed E-state index contributed by atoms with van der Waals surface area (Å²) in [5.41, 5.74) is 5.64. The molecule has 1 fully saturated rings. The molecule has 0 spiro atoms. The van der Waals surface area contributed by atoms with Crippen LogP contribution in [0, 0.1) is 11.3 Å². The van der Waals surface area contributed by atoms with Crippen LogP contribution in [0.25, 0.3) is 0 Å². The summed E-state index contributed by atoms with van der Waals surface area (Å²) in [4.78, 5) is 13.5. The largest absolute Gasteiger partial charge is 0.342 e. The van der Waals surface area contributed by atoms with Crippen molar-refractivity contribution in [3.05, 3.63) is 0 Å². The van der Waals surface area contributed by atoms with Gasteiger partial charge in [-0.25, -0.2) is 0 Å². The number of nitriles is 1. The van der Waals surface area contributed by atoms with Crippen molar-refractivity contribution in [3.63, 3.8) is 0 Å². The monoisotopic (exact) mass is 210 g/mol. The molecule has 1 atom stereocenters. The highest BCUT2D eigenvalue weighted by atomic mass is 16.2. The molecule has 1 amide bonds. The summed E-state index contributed by atoms with van der Waals surface area (Å²) < 4.78 is 0. The average Bonchev–Trinajstić information content (AvgIpc) is 2.27. The molecule has 1 rings (SSSR count). The van der Waals surface area contributed by atoms with Crippen molar-refractivity contribution in [2.75, 3.05) is 26.2 Å². The molecule has 0 aromatic carbocycles. The molecule has 1 heterocycles. The fourth-order valence-corrected chi connectivity index (χ4v) is 1.91. The molecule has 0 bridgehead atoms. The van der Waals surface area contributed by atoms with Gasteiger partial charge in [0.15, 0.2) is 0 Å². The third-order valence-corrected chi connectivity index (χ3v) is 2.73. The number of carbonyl (C=O) groups is 1. The number of likely N-dealkylation sites (tertiary alicyclic amines) is 1. The molecule has 1 aliphatic heterocycles. The molecule has 84 valence electrons. The van der Waals surface area contributed by atoms with Crippen molar-refractivity contribution in [2.45, 2.75) is 25.3 Å². The van der Waals surface area contributed by atoms with E-state index in [0.29, 0.717) is 19.1 Å². The number of hydrogen-bond donors (Lipinski definition) is 2. The summed E-state index contributed by atoms with van der Waals surface area (Å²) in [5.74, 6) is -0.0862. The minimum absolute atomic E-state index is 0.0833. The second-order valence-electron chi connectivity index (χ2n) is 3.79. The van der Waals surface area contributed by atoms with E-state index in [1.165, 1.54) is 6.42 Å². The van der Waals surface area contributed by atoms with Gasteiger partial charge in [-0.1, -0.05) is 6.42 Å². The molecule has 3 N–H and O–H groups in total. The van der Waals surface area contributed by atoms with Gasteiger partial charge >= 0.3 is 0 Å². The Bertz CT molecular complexity index is 248. The van der Waals surface area contributed by atoms with Gasteiger partial charge in [-0.3, -0.25) is 9.69 Å². The number of amides is 1. The van der Waals surface area contributed by atoms with Crippen molar-refractivity contribution in [2.24, 2.45) is 5.73 Å². The maximum atomic E-state index is 11.4. The van der Waals surface area contributed by atoms with E-state index in [0.717, 1.165) is 19.4 Å². The fourth-order valence-electron chi connectivity index (χ4n) is 1.91. The number of nitrogens with one attached hydrogen (secondary N) is 1. The first kappa shape index (κ1) is 12.0. The minimum Gasteiger partial charge on any atom is -0.342 e. The summed E-state index contributed by atoms with van der Waals surface area (Å²) in [6, 6.07) is 2.21. The van der Waals surface area contributed by atoms with Crippen molar-refractivity contribution in [1.29, 1.82) is 5.26 Å². The quantitative estimate of drug-likeness (QED) is 0.609. The predicted octanol–water partition coefficient (Wildman–Crippen LogP) is -0.561. The Hall–Kier alpha value is -1.12. The lowest BCUT2D eigenvalue weighted by Crippen LogP contribution is -2.48. The van der Waals surface area contributed by atoms with Crippen LogP contribution in [0.2, 0.25) is 0 Å². The van der Waals surface area contributed by atoms with Crippen LogP contribution in [-0.4, -0.2) is 43.0 Å². The average molecular weight is 210 g/mol. The zero-order valence-electron chi connectivity index (χ0n) is 8.91. The van der Waals surface area contributed by atoms with Gasteiger partial charge in [-0.15, -0.1) is 0 Å². The van der Waals surface area contributed by atoms with Gasteiger partial charge in [0.1, 0.15) is 6.54 Å². The molecule has 0 aromatic rings. The van der Waals surface area contributed by atoms with Crippen molar-refractivity contribution >= 4 is 5.91 Å². The predicted molar refractivity (Wildman–Crippen MR) is 56.9 cm³/mol. The van der Waals surface area contributed by atoms with Gasteiger partial charge in [0.2, 0.25) is 5.91 Å². The van der Waals surface area contributed by atoms with E-state index in [2.05, 4.69) is 10.2 Å². The second-order valence-corrected chi connectivity index (χ2v) is 3.79. The summed E-state index contributed by atoms with van der Waals surface area (Å²) in [5, 5.41) is 10.9. The third-order valence-electron chi connectivity index (χ3n) is 2.73. The lowest BCUT2D eigenvalue weighted by molar-refractivity contribution is -0.122. The lowest BCUT2D eigenvalue weighted by atomic mass is 10.0. The highest BCUT2D eigenvalue weighted by Gasteiger charge is 2.22. The summed E-state index contributed by atoms with van der Waals surface area (Å²) in [6.45, 7) is 1.98. The first-order chi connectivity index (χ1) is 7.27. The first-order valence-corrected chi connectivity index (χ1v) is 5.35. The molecular formula is C10H18N4O. The Morgan fingerprint density at radius 2 is 2.40 bits per heavy atom. The number of rotatable bonds is 4. The van der Waals surface area contributed by atoms with Crippen LogP contribution in [0.1, 0.15) is 19.3 Å². The molecule has 0 aromatic heterocycles. The van der Waals surface area contributed by atoms with E-state index in [1.807, 2.05) is 6.07 Å². The molecule has 5 heteroatoms. The molecule has 1 unspecified atom stereocenters. The molecule has 1 saturated heterocycles. The van der Waals surface area contributed by atoms with E-state index >= 15 is 0 Å². The number of carbonyl (C=O) groups excluding carboxylic acids is 1. The first-order valence-electron chi connectivity index (χ1n) is 5.35. The van der Waals surface area contributed by atoms with E-state index in [1.54, 1.807) is 0 Å². The Morgan fingerprint density at radius 1 is 1.60 bits per heavy atom. The van der Waals surface area contributed by atoms with Crippen LogP contribution in [-0.2, 0) is 4.79 Å². The highest BCUT2D eigenvalue weighted by Crippen LogP contribution is 2.15. The van der Waals surface area contributed by atoms with Crippen LogP contribution >= 0.6 is 0 Å². The van der Waals surface area contributed by atoms with Gasteiger partial charge in [-0.2, -0.15) is 5.26 Å². The Morgan fingerprint density at radius 3 is 3.07 bits per heavy atom. The Balaban J connectivity index is 2.34. The van der Waals surface area contributed by atoms with Crippen molar-refractivity contribution in [1.82, 2.24) is 10.2 Å². The van der Waals surface area contributed by atoms with E-state index < -0.39 is 0 Å². The number of hydrogen-bond acceptors (Lipinski definition) is 4. The van der Waals surface area contributed by atoms with E-state index in [9.17, 15) is 4.79 Å². The van der Waals surface area contributed by atoms with Crippen molar-refractivity contribution in [3.8, 4) is 6.07 Å². The maximum Gasteiger partial charge on any atom is 0.235 e. The van der Waals surface area contributed by atoms with E-state index in [4.69, 9.17) is 11.0 Å². The SMILES string of the molecule is N#CCNC(=O)CN1CCCCC1CN. The van der Waals surface area contributed by atoms with Gasteiger partial charge in [0.05, 0.1) is 12.6 Å². The Kier molecular flexibility index (Phi) is 5.08.